The van der Waals surface area contributed by atoms with Crippen LogP contribution in [0.3, 0.4) is 0 Å². The summed E-state index contributed by atoms with van der Waals surface area (Å²) in [7, 11) is 1.71. The summed E-state index contributed by atoms with van der Waals surface area (Å²) in [6.45, 7) is 2.57. The number of piperidine rings is 1. The number of hydrogen-bond donors (Lipinski definition) is 2. The first-order chi connectivity index (χ1) is 17.0. The Morgan fingerprint density at radius 3 is 2.69 bits per heavy atom. The van der Waals surface area contributed by atoms with E-state index in [1.807, 2.05) is 6.07 Å². The SMILES string of the molecule is COc1cccc(C23CCN(CCc4ccccc4)CC2(O)Cc2c([nH]c4cccc(Br)c24)C3)c1. The van der Waals surface area contributed by atoms with E-state index in [0.29, 0.717) is 13.0 Å². The number of ether oxygens (including phenoxy) is 1. The molecular formula is C30H31BrN2O2. The van der Waals surface area contributed by atoms with E-state index in [9.17, 15) is 5.11 Å². The number of β-amino-alcohol motifs (C(OH)–C–C–N with tert-alkyl or cyclic N) is 1. The van der Waals surface area contributed by atoms with Crippen LogP contribution in [0, 0.1) is 0 Å². The second kappa shape index (κ2) is 8.81. The zero-order valence-electron chi connectivity index (χ0n) is 20.1. The summed E-state index contributed by atoms with van der Waals surface area (Å²) in [6, 6.07) is 25.3. The molecule has 2 heterocycles. The smallest absolute Gasteiger partial charge is 0.119 e. The molecule has 2 unspecified atom stereocenters. The summed E-state index contributed by atoms with van der Waals surface area (Å²) >= 11 is 3.77. The summed E-state index contributed by atoms with van der Waals surface area (Å²) in [4.78, 5) is 6.16. The predicted molar refractivity (Wildman–Crippen MR) is 144 cm³/mol. The van der Waals surface area contributed by atoms with Crippen molar-refractivity contribution in [1.29, 1.82) is 0 Å². The number of hydrogen-bond acceptors (Lipinski definition) is 3. The molecule has 2 atom stereocenters. The Morgan fingerprint density at radius 2 is 1.86 bits per heavy atom. The molecule has 5 heteroatoms. The molecular weight excluding hydrogens is 500 g/mol. The van der Waals surface area contributed by atoms with Crippen LogP contribution in [-0.2, 0) is 24.7 Å². The Bertz CT molecular complexity index is 1370. The lowest BCUT2D eigenvalue weighted by Crippen LogP contribution is -2.66. The van der Waals surface area contributed by atoms with Crippen LogP contribution in [0.15, 0.2) is 77.3 Å². The normalized spacial score (nSPS) is 24.2. The van der Waals surface area contributed by atoms with Gasteiger partial charge >= 0.3 is 0 Å². The van der Waals surface area contributed by atoms with Crippen molar-refractivity contribution >= 4 is 26.8 Å². The van der Waals surface area contributed by atoms with Crippen LogP contribution >= 0.6 is 15.9 Å². The van der Waals surface area contributed by atoms with Crippen LogP contribution in [0.25, 0.3) is 10.9 Å². The van der Waals surface area contributed by atoms with Gasteiger partial charge in [0, 0.05) is 52.4 Å². The molecule has 0 bridgehead atoms. The van der Waals surface area contributed by atoms with Crippen molar-refractivity contribution in [2.24, 2.45) is 0 Å². The number of aromatic nitrogens is 1. The van der Waals surface area contributed by atoms with Crippen molar-refractivity contribution < 1.29 is 9.84 Å². The zero-order chi connectivity index (χ0) is 24.0. The van der Waals surface area contributed by atoms with E-state index >= 15 is 0 Å². The van der Waals surface area contributed by atoms with Gasteiger partial charge in [-0.25, -0.2) is 0 Å². The van der Waals surface area contributed by atoms with Gasteiger partial charge in [-0.1, -0.05) is 64.5 Å². The highest BCUT2D eigenvalue weighted by molar-refractivity contribution is 9.10. The van der Waals surface area contributed by atoms with Gasteiger partial charge in [0.1, 0.15) is 5.75 Å². The van der Waals surface area contributed by atoms with Crippen molar-refractivity contribution in [3.63, 3.8) is 0 Å². The van der Waals surface area contributed by atoms with Gasteiger partial charge < -0.3 is 19.7 Å². The number of H-pyrrole nitrogens is 1. The van der Waals surface area contributed by atoms with Crippen LogP contribution in [0.1, 0.15) is 28.8 Å². The molecule has 3 aromatic carbocycles. The molecule has 2 aliphatic rings. The lowest BCUT2D eigenvalue weighted by molar-refractivity contribution is -0.102. The van der Waals surface area contributed by atoms with Crippen molar-refractivity contribution in [1.82, 2.24) is 9.88 Å². The van der Waals surface area contributed by atoms with Crippen LogP contribution in [0.4, 0.5) is 0 Å². The Labute approximate surface area is 215 Å². The Morgan fingerprint density at radius 1 is 1.03 bits per heavy atom. The largest absolute Gasteiger partial charge is 0.497 e. The third-order valence-electron chi connectivity index (χ3n) is 8.33. The number of methoxy groups -OCH3 is 1. The van der Waals surface area contributed by atoms with Gasteiger partial charge in [0.15, 0.2) is 0 Å². The molecule has 4 nitrogen and oxygen atoms in total. The highest BCUT2D eigenvalue weighted by Crippen LogP contribution is 2.52. The minimum Gasteiger partial charge on any atom is -0.497 e. The number of nitrogens with zero attached hydrogens (tertiary/aromatic N) is 1. The molecule has 0 amide bonds. The fraction of sp³-hybridized carbons (Fsp3) is 0.333. The van der Waals surface area contributed by atoms with Crippen molar-refractivity contribution in [2.75, 3.05) is 26.7 Å². The molecule has 2 N–H and O–H groups in total. The number of likely N-dealkylation sites (tertiary alicyclic amines) is 1. The van der Waals surface area contributed by atoms with Crippen LogP contribution in [-0.4, -0.2) is 47.3 Å². The van der Waals surface area contributed by atoms with Gasteiger partial charge in [-0.15, -0.1) is 0 Å². The molecule has 35 heavy (non-hydrogen) atoms. The number of halogens is 1. The van der Waals surface area contributed by atoms with E-state index in [0.717, 1.165) is 48.1 Å². The fourth-order valence-electron chi connectivity index (χ4n) is 6.48. The topological polar surface area (TPSA) is 48.5 Å². The van der Waals surface area contributed by atoms with Crippen molar-refractivity contribution in [2.45, 2.75) is 36.7 Å². The van der Waals surface area contributed by atoms with Crippen molar-refractivity contribution in [3.8, 4) is 5.75 Å². The minimum atomic E-state index is -0.883. The van der Waals surface area contributed by atoms with Gasteiger partial charge in [-0.05, 0) is 60.3 Å². The fourth-order valence-corrected chi connectivity index (χ4v) is 7.09. The Hall–Kier alpha value is -2.60. The molecule has 0 saturated carbocycles. The molecule has 4 aromatic rings. The number of aromatic amines is 1. The van der Waals surface area contributed by atoms with Crippen LogP contribution in [0.5, 0.6) is 5.75 Å². The maximum absolute atomic E-state index is 12.6. The van der Waals surface area contributed by atoms with Gasteiger partial charge in [0.2, 0.25) is 0 Å². The van der Waals surface area contributed by atoms with Gasteiger partial charge in [0.05, 0.1) is 12.7 Å². The first-order valence-corrected chi connectivity index (χ1v) is 13.2. The summed E-state index contributed by atoms with van der Waals surface area (Å²) in [6.07, 6.45) is 3.32. The highest BCUT2D eigenvalue weighted by atomic mass is 79.9. The summed E-state index contributed by atoms with van der Waals surface area (Å²) in [5.74, 6) is 0.843. The summed E-state index contributed by atoms with van der Waals surface area (Å²) < 4.78 is 6.68. The molecule has 1 aliphatic carbocycles. The molecule has 6 rings (SSSR count). The third kappa shape index (κ3) is 3.81. The number of aliphatic hydroxyl groups is 1. The molecule has 1 aliphatic heterocycles. The van der Waals surface area contributed by atoms with E-state index < -0.39 is 5.60 Å². The van der Waals surface area contributed by atoms with Gasteiger partial charge in [-0.3, -0.25) is 0 Å². The minimum absolute atomic E-state index is 0.370. The summed E-state index contributed by atoms with van der Waals surface area (Å²) in [5.41, 5.74) is 4.89. The highest BCUT2D eigenvalue weighted by Gasteiger charge is 2.57. The van der Waals surface area contributed by atoms with Gasteiger partial charge in [-0.2, -0.15) is 0 Å². The average Bonchev–Trinajstić information content (AvgIpc) is 3.23. The molecule has 180 valence electrons. The van der Waals surface area contributed by atoms with Crippen molar-refractivity contribution in [3.05, 3.63) is 99.7 Å². The second-order valence-electron chi connectivity index (χ2n) is 10.2. The standard InChI is InChI=1S/C30H31BrN2O2/c1-35-23-10-5-9-22(17-23)29-14-16-33(15-13-21-7-3-2-4-8-21)20-30(29,34)18-24-27(19-29)32-26-12-6-11-25(31)28(24)26/h2-12,17,32,34H,13-16,18-20H2,1H3. The number of nitrogens with one attached hydrogen (secondary N) is 1. The van der Waals surface area contributed by atoms with Gasteiger partial charge in [0.25, 0.3) is 0 Å². The molecule has 1 aromatic heterocycles. The number of benzene rings is 3. The first-order valence-electron chi connectivity index (χ1n) is 12.4. The van der Waals surface area contributed by atoms with E-state index in [1.165, 1.54) is 27.8 Å². The van der Waals surface area contributed by atoms with Crippen LogP contribution < -0.4 is 4.74 Å². The molecule has 0 spiro atoms. The van der Waals surface area contributed by atoms with E-state index in [4.69, 9.17) is 4.74 Å². The molecule has 1 saturated heterocycles. The lowest BCUT2D eigenvalue weighted by atomic mass is 9.56. The predicted octanol–water partition coefficient (Wildman–Crippen LogP) is 5.66. The second-order valence-corrected chi connectivity index (χ2v) is 11.1. The molecule has 0 radical (unpaired) electrons. The quantitative estimate of drug-likeness (QED) is 0.350. The monoisotopic (exact) mass is 530 g/mol. The zero-order valence-corrected chi connectivity index (χ0v) is 21.6. The maximum Gasteiger partial charge on any atom is 0.119 e. The Balaban J connectivity index is 1.41. The third-order valence-corrected chi connectivity index (χ3v) is 8.99. The summed E-state index contributed by atoms with van der Waals surface area (Å²) in [5, 5.41) is 13.8. The van der Waals surface area contributed by atoms with E-state index in [2.05, 4.69) is 92.5 Å². The number of fused-ring (bicyclic) bond motifs is 4. The van der Waals surface area contributed by atoms with E-state index in [1.54, 1.807) is 7.11 Å². The van der Waals surface area contributed by atoms with E-state index in [-0.39, 0.29) is 5.41 Å². The first kappa shape index (κ1) is 22.8. The Kier molecular flexibility index (Phi) is 5.75. The number of rotatable bonds is 5. The average molecular weight is 531 g/mol. The van der Waals surface area contributed by atoms with Crippen LogP contribution in [0.2, 0.25) is 0 Å². The maximum atomic E-state index is 12.6. The molecule has 1 fully saturated rings. The lowest BCUT2D eigenvalue weighted by Gasteiger charge is -2.56.